The van der Waals surface area contributed by atoms with Gasteiger partial charge in [-0.2, -0.15) is 4.31 Å². The lowest BCUT2D eigenvalue weighted by molar-refractivity contribution is -0.119. The van der Waals surface area contributed by atoms with Crippen molar-refractivity contribution in [2.45, 2.75) is 51.1 Å². The third-order valence-electron chi connectivity index (χ3n) is 6.80. The van der Waals surface area contributed by atoms with Crippen LogP contribution in [0.4, 0.5) is 5.82 Å². The first kappa shape index (κ1) is 27.0. The van der Waals surface area contributed by atoms with Gasteiger partial charge in [0.25, 0.3) is 0 Å². The monoisotopic (exact) mass is 524 g/mol. The molecule has 1 atom stereocenters. The van der Waals surface area contributed by atoms with E-state index in [0.717, 1.165) is 16.5 Å². The van der Waals surface area contributed by atoms with Gasteiger partial charge in [-0.1, -0.05) is 52.0 Å². The van der Waals surface area contributed by atoms with Crippen molar-refractivity contribution >= 4 is 32.7 Å². The van der Waals surface area contributed by atoms with Crippen molar-refractivity contribution in [3.05, 3.63) is 59.9 Å². The van der Waals surface area contributed by atoms with Crippen molar-refractivity contribution in [3.8, 4) is 0 Å². The molecule has 0 bridgehead atoms. The minimum atomic E-state index is -3.54. The van der Waals surface area contributed by atoms with Crippen LogP contribution in [0, 0.1) is 5.92 Å². The van der Waals surface area contributed by atoms with Crippen LogP contribution >= 0.6 is 0 Å². The Morgan fingerprint density at radius 2 is 1.62 bits per heavy atom. The van der Waals surface area contributed by atoms with Crippen molar-refractivity contribution in [3.63, 3.8) is 0 Å². The number of aromatic nitrogens is 2. The van der Waals surface area contributed by atoms with Crippen LogP contribution in [-0.4, -0.2) is 65.7 Å². The van der Waals surface area contributed by atoms with Crippen molar-refractivity contribution in [2.24, 2.45) is 11.7 Å². The number of hydrogen-bond donors (Lipinski definition) is 2. The molecule has 10 heteroatoms. The van der Waals surface area contributed by atoms with Crippen LogP contribution < -0.4 is 11.1 Å². The summed E-state index contributed by atoms with van der Waals surface area (Å²) >= 11 is 0. The zero-order valence-corrected chi connectivity index (χ0v) is 22.7. The quantitative estimate of drug-likeness (QED) is 0.441. The number of nitrogens with zero attached hydrogens (tertiary/aromatic N) is 4. The number of nitrogens with two attached hydrogens (primary N) is 1. The Bertz CT molecular complexity index is 1350. The summed E-state index contributed by atoms with van der Waals surface area (Å²) in [5, 5.41) is 4.04. The van der Waals surface area contributed by atoms with Crippen LogP contribution in [0.15, 0.2) is 53.4 Å². The van der Waals surface area contributed by atoms with Crippen LogP contribution in [0.1, 0.15) is 45.0 Å². The lowest BCUT2D eigenvalue weighted by Crippen LogP contribution is -2.48. The number of carbonyl (C=O) groups excluding carboxylic acids is 1. The fraction of sp³-hybridized carbons (Fsp3) is 0.444. The molecule has 198 valence electrons. The zero-order valence-electron chi connectivity index (χ0n) is 21.9. The number of para-hydroxylation sites is 1. The molecule has 0 spiro atoms. The summed E-state index contributed by atoms with van der Waals surface area (Å²) in [7, 11) is -3.54. The number of primary amides is 1. The van der Waals surface area contributed by atoms with E-state index in [0.29, 0.717) is 55.2 Å². The van der Waals surface area contributed by atoms with Crippen LogP contribution in [0.5, 0.6) is 0 Å². The first-order valence-corrected chi connectivity index (χ1v) is 14.1. The summed E-state index contributed by atoms with van der Waals surface area (Å²) < 4.78 is 27.9. The number of sulfonamides is 1. The van der Waals surface area contributed by atoms with E-state index in [9.17, 15) is 13.2 Å². The second-order valence-electron chi connectivity index (χ2n) is 10.2. The van der Waals surface area contributed by atoms with E-state index in [-0.39, 0.29) is 5.92 Å². The molecular formula is C27H36N6O3S. The minimum Gasteiger partial charge on any atom is -0.368 e. The normalized spacial score (nSPS) is 16.4. The van der Waals surface area contributed by atoms with Gasteiger partial charge in [0.15, 0.2) is 0 Å². The fourth-order valence-corrected chi connectivity index (χ4v) is 5.94. The second kappa shape index (κ2) is 11.1. The third-order valence-corrected chi connectivity index (χ3v) is 8.71. The fourth-order valence-electron chi connectivity index (χ4n) is 4.52. The number of amides is 1. The van der Waals surface area contributed by atoms with Crippen molar-refractivity contribution in [1.29, 1.82) is 0 Å². The molecule has 0 unspecified atom stereocenters. The van der Waals surface area contributed by atoms with Crippen molar-refractivity contribution in [2.75, 3.05) is 31.5 Å². The molecule has 4 rings (SSSR count). The summed E-state index contributed by atoms with van der Waals surface area (Å²) in [6, 6.07) is 14.3. The molecule has 2 aromatic carbocycles. The van der Waals surface area contributed by atoms with Gasteiger partial charge in [0.2, 0.25) is 15.9 Å². The summed E-state index contributed by atoms with van der Waals surface area (Å²) in [6.45, 7) is 10.4. The number of benzene rings is 2. The van der Waals surface area contributed by atoms with Gasteiger partial charge in [-0.05, 0) is 41.7 Å². The van der Waals surface area contributed by atoms with Gasteiger partial charge in [-0.25, -0.2) is 18.4 Å². The molecule has 1 fully saturated rings. The maximum absolute atomic E-state index is 13.2. The van der Waals surface area contributed by atoms with E-state index in [1.807, 2.05) is 50.2 Å². The Kier molecular flexibility index (Phi) is 8.11. The predicted molar refractivity (Wildman–Crippen MR) is 146 cm³/mol. The topological polar surface area (TPSA) is 122 Å². The van der Waals surface area contributed by atoms with Gasteiger partial charge in [0.1, 0.15) is 17.7 Å². The van der Waals surface area contributed by atoms with Gasteiger partial charge >= 0.3 is 0 Å². The zero-order chi connectivity index (χ0) is 26.7. The Balaban J connectivity index is 1.47. The Labute approximate surface area is 219 Å². The predicted octanol–water partition coefficient (Wildman–Crippen LogP) is 3.18. The molecule has 9 nitrogen and oxygen atoms in total. The van der Waals surface area contributed by atoms with E-state index in [4.69, 9.17) is 15.7 Å². The summed E-state index contributed by atoms with van der Waals surface area (Å²) in [6.07, 6.45) is 0. The Morgan fingerprint density at radius 3 is 2.22 bits per heavy atom. The number of anilines is 1. The average Bonchev–Trinajstić information content (AvgIpc) is 2.87. The Hall–Kier alpha value is -3.08. The molecule has 1 saturated heterocycles. The highest BCUT2D eigenvalue weighted by atomic mass is 32.2. The van der Waals surface area contributed by atoms with Crippen LogP contribution in [-0.2, 0) is 21.4 Å². The molecule has 0 radical (unpaired) electrons. The lowest BCUT2D eigenvalue weighted by Gasteiger charge is -2.33. The van der Waals surface area contributed by atoms with Crippen LogP contribution in [0.25, 0.3) is 10.9 Å². The molecule has 3 aromatic rings. The molecule has 1 aliphatic heterocycles. The highest BCUT2D eigenvalue weighted by Crippen LogP contribution is 2.24. The standard InChI is InChI=1S/C27H36N6O3S/c1-18(2)20-9-11-21(12-10-20)37(35,36)33-15-13-32(14-16-33)17-24-29-23-8-6-5-7-22(23)27(30-24)31-25(19(3)4)26(28)34/h5-12,18-19,25H,13-17H2,1-4H3,(H2,28,34)(H,29,30,31)/t25-/m0/s1. The van der Waals surface area contributed by atoms with Crippen molar-refractivity contribution < 1.29 is 13.2 Å². The molecule has 1 aromatic heterocycles. The second-order valence-corrected chi connectivity index (χ2v) is 12.1. The number of fused-ring (bicyclic) bond motifs is 1. The van der Waals surface area contributed by atoms with E-state index >= 15 is 0 Å². The molecule has 0 saturated carbocycles. The lowest BCUT2D eigenvalue weighted by atomic mass is 10.0. The number of piperazine rings is 1. The summed E-state index contributed by atoms with van der Waals surface area (Å²) in [4.78, 5) is 23.9. The third kappa shape index (κ3) is 6.08. The Morgan fingerprint density at radius 1 is 0.973 bits per heavy atom. The van der Waals surface area contributed by atoms with Crippen LogP contribution in [0.3, 0.4) is 0 Å². The molecule has 0 aliphatic carbocycles. The first-order chi connectivity index (χ1) is 17.6. The highest BCUT2D eigenvalue weighted by Gasteiger charge is 2.29. The molecule has 37 heavy (non-hydrogen) atoms. The van der Waals surface area contributed by atoms with Gasteiger partial charge in [0, 0.05) is 31.6 Å². The van der Waals surface area contributed by atoms with E-state index < -0.39 is 22.0 Å². The average molecular weight is 525 g/mol. The number of rotatable bonds is 9. The smallest absolute Gasteiger partial charge is 0.243 e. The van der Waals surface area contributed by atoms with E-state index in [2.05, 4.69) is 24.1 Å². The number of nitrogens with one attached hydrogen (secondary N) is 1. The van der Waals surface area contributed by atoms with Crippen LogP contribution in [0.2, 0.25) is 0 Å². The maximum atomic E-state index is 13.2. The number of carbonyl (C=O) groups is 1. The number of hydrogen-bond acceptors (Lipinski definition) is 7. The summed E-state index contributed by atoms with van der Waals surface area (Å²) in [5.74, 6) is 1.08. The molecule has 3 N–H and O–H groups in total. The minimum absolute atomic E-state index is 0.00807. The molecule has 1 amide bonds. The van der Waals surface area contributed by atoms with E-state index in [1.165, 1.54) is 0 Å². The first-order valence-electron chi connectivity index (χ1n) is 12.7. The summed E-state index contributed by atoms with van der Waals surface area (Å²) in [5.41, 5.74) is 7.51. The largest absolute Gasteiger partial charge is 0.368 e. The van der Waals surface area contributed by atoms with Gasteiger partial charge in [-0.3, -0.25) is 9.69 Å². The molecule has 1 aliphatic rings. The SMILES string of the molecule is CC(C)c1ccc(S(=O)(=O)N2CCN(Cc3nc(N[C@H](C(N)=O)C(C)C)c4ccccc4n3)CC2)cc1. The molecule has 2 heterocycles. The molecular weight excluding hydrogens is 488 g/mol. The van der Waals surface area contributed by atoms with Crippen molar-refractivity contribution in [1.82, 2.24) is 19.2 Å². The van der Waals surface area contributed by atoms with Gasteiger partial charge in [-0.15, -0.1) is 0 Å². The van der Waals surface area contributed by atoms with Gasteiger partial charge in [0.05, 0.1) is 17.0 Å². The highest BCUT2D eigenvalue weighted by molar-refractivity contribution is 7.89. The maximum Gasteiger partial charge on any atom is 0.243 e. The van der Waals surface area contributed by atoms with Gasteiger partial charge < -0.3 is 11.1 Å². The van der Waals surface area contributed by atoms with E-state index in [1.54, 1.807) is 16.4 Å².